The molecule has 0 bridgehead atoms. The van der Waals surface area contributed by atoms with Gasteiger partial charge in [0.15, 0.2) is 0 Å². The molecule has 0 saturated heterocycles. The Kier molecular flexibility index (Phi) is 4.73. The molecule has 0 radical (unpaired) electrons. The first-order valence-electron chi connectivity index (χ1n) is 8.78. The Balaban J connectivity index is 1.92. The first-order valence-corrected chi connectivity index (χ1v) is 9.60. The highest BCUT2D eigenvalue weighted by Gasteiger charge is 2.17. The van der Waals surface area contributed by atoms with Gasteiger partial charge in [-0.25, -0.2) is 4.98 Å². The van der Waals surface area contributed by atoms with E-state index in [0.29, 0.717) is 0 Å². The maximum absolute atomic E-state index is 5.38. The lowest BCUT2D eigenvalue weighted by atomic mass is 10.0. The van der Waals surface area contributed by atoms with Crippen molar-refractivity contribution in [3.8, 4) is 38.0 Å². The maximum Gasteiger partial charge on any atom is 0.124 e. The molecular weight excluding hydrogens is 352 g/mol. The molecule has 2 heterocycles. The van der Waals surface area contributed by atoms with Gasteiger partial charge in [0.05, 0.1) is 17.7 Å². The number of hydrogen-bond donors (Lipinski definition) is 0. The van der Waals surface area contributed by atoms with Crippen molar-refractivity contribution in [3.05, 3.63) is 78.1 Å². The second-order valence-corrected chi connectivity index (χ2v) is 7.54. The number of pyridine rings is 1. The van der Waals surface area contributed by atoms with E-state index in [2.05, 4.69) is 43.1 Å². The van der Waals surface area contributed by atoms with Crippen LogP contribution in [0.4, 0.5) is 0 Å². The summed E-state index contributed by atoms with van der Waals surface area (Å²) in [7, 11) is 1.68. The molecule has 4 heteroatoms. The Morgan fingerprint density at radius 1 is 0.815 bits per heavy atom. The lowest BCUT2D eigenvalue weighted by molar-refractivity contribution is 0.415. The topological polar surface area (TPSA) is 35.0 Å². The van der Waals surface area contributed by atoms with Crippen LogP contribution in [0, 0.1) is 13.8 Å². The molecule has 4 aromatic rings. The van der Waals surface area contributed by atoms with Crippen LogP contribution in [0.3, 0.4) is 0 Å². The molecule has 2 aromatic heterocycles. The van der Waals surface area contributed by atoms with Crippen LogP contribution in [0.15, 0.2) is 67.0 Å². The SMILES string of the molecule is COc1cccc(-c2nc(-c3cc(C)cc(C)c3)c(-c3ccncc3)s2)c1. The van der Waals surface area contributed by atoms with Gasteiger partial charge in [0, 0.05) is 23.5 Å². The predicted octanol–water partition coefficient (Wildman–Crippen LogP) is 6.16. The molecule has 0 aliphatic rings. The zero-order chi connectivity index (χ0) is 18.8. The molecule has 0 aliphatic heterocycles. The second-order valence-electron chi connectivity index (χ2n) is 6.54. The number of thiazole rings is 1. The van der Waals surface area contributed by atoms with Gasteiger partial charge in [-0.2, -0.15) is 0 Å². The van der Waals surface area contributed by atoms with Crippen LogP contribution in [0.1, 0.15) is 11.1 Å². The minimum absolute atomic E-state index is 0.834. The van der Waals surface area contributed by atoms with Gasteiger partial charge >= 0.3 is 0 Å². The molecule has 4 rings (SSSR count). The van der Waals surface area contributed by atoms with Crippen LogP contribution in [-0.4, -0.2) is 17.1 Å². The molecule has 0 atom stereocenters. The van der Waals surface area contributed by atoms with E-state index in [1.807, 2.05) is 42.7 Å². The average molecular weight is 372 g/mol. The van der Waals surface area contributed by atoms with Crippen LogP contribution < -0.4 is 4.74 Å². The Bertz CT molecular complexity index is 1070. The molecule has 0 spiro atoms. The van der Waals surface area contributed by atoms with Gasteiger partial charge in [0.25, 0.3) is 0 Å². The monoisotopic (exact) mass is 372 g/mol. The molecular formula is C23H20N2OS. The summed E-state index contributed by atoms with van der Waals surface area (Å²) in [6, 6.07) is 18.7. The van der Waals surface area contributed by atoms with E-state index >= 15 is 0 Å². The van der Waals surface area contributed by atoms with Gasteiger partial charge in [0.1, 0.15) is 10.8 Å². The van der Waals surface area contributed by atoms with E-state index in [-0.39, 0.29) is 0 Å². The number of ether oxygens (including phenoxy) is 1. The maximum atomic E-state index is 5.38. The van der Waals surface area contributed by atoms with Crippen molar-refractivity contribution in [2.24, 2.45) is 0 Å². The fourth-order valence-electron chi connectivity index (χ4n) is 3.21. The standard InChI is InChI=1S/C23H20N2OS/c1-15-11-16(2)13-19(12-15)21-22(17-7-9-24-10-8-17)27-23(25-21)18-5-4-6-20(14-18)26-3/h4-14H,1-3H3. The lowest BCUT2D eigenvalue weighted by Crippen LogP contribution is -1.87. The quantitative estimate of drug-likeness (QED) is 0.430. The van der Waals surface area contributed by atoms with Crippen molar-refractivity contribution in [1.82, 2.24) is 9.97 Å². The number of methoxy groups -OCH3 is 1. The van der Waals surface area contributed by atoms with E-state index in [4.69, 9.17) is 9.72 Å². The number of nitrogens with zero attached hydrogens (tertiary/aromatic N) is 2. The summed E-state index contributed by atoms with van der Waals surface area (Å²) in [4.78, 5) is 10.3. The van der Waals surface area contributed by atoms with Crippen molar-refractivity contribution < 1.29 is 4.74 Å². The predicted molar refractivity (Wildman–Crippen MR) is 112 cm³/mol. The summed E-state index contributed by atoms with van der Waals surface area (Å²) in [6.07, 6.45) is 3.65. The zero-order valence-corrected chi connectivity index (χ0v) is 16.4. The van der Waals surface area contributed by atoms with Crippen LogP contribution in [0.5, 0.6) is 5.75 Å². The molecule has 27 heavy (non-hydrogen) atoms. The third-order valence-corrected chi connectivity index (χ3v) is 5.53. The minimum atomic E-state index is 0.834. The molecule has 0 unspecified atom stereocenters. The van der Waals surface area contributed by atoms with Gasteiger partial charge < -0.3 is 4.74 Å². The average Bonchev–Trinajstić information content (AvgIpc) is 3.13. The summed E-state index contributed by atoms with van der Waals surface area (Å²) in [6.45, 7) is 4.25. The molecule has 0 fully saturated rings. The van der Waals surface area contributed by atoms with Crippen molar-refractivity contribution in [2.45, 2.75) is 13.8 Å². The minimum Gasteiger partial charge on any atom is -0.497 e. The van der Waals surface area contributed by atoms with Crippen LogP contribution in [0.2, 0.25) is 0 Å². The summed E-state index contributed by atoms with van der Waals surface area (Å²) < 4.78 is 5.38. The van der Waals surface area contributed by atoms with Crippen LogP contribution in [0.25, 0.3) is 32.3 Å². The van der Waals surface area contributed by atoms with Gasteiger partial charge in [-0.15, -0.1) is 11.3 Å². The number of rotatable bonds is 4. The second kappa shape index (κ2) is 7.33. The van der Waals surface area contributed by atoms with Crippen molar-refractivity contribution in [2.75, 3.05) is 7.11 Å². The Hall–Kier alpha value is -2.98. The fourth-order valence-corrected chi connectivity index (χ4v) is 4.29. The highest BCUT2D eigenvalue weighted by Crippen LogP contribution is 2.41. The van der Waals surface area contributed by atoms with Crippen LogP contribution >= 0.6 is 11.3 Å². The highest BCUT2D eigenvalue weighted by molar-refractivity contribution is 7.19. The van der Waals surface area contributed by atoms with Gasteiger partial charge in [-0.3, -0.25) is 4.98 Å². The summed E-state index contributed by atoms with van der Waals surface area (Å²) in [5.41, 5.74) is 6.82. The third-order valence-electron chi connectivity index (χ3n) is 4.38. The number of aryl methyl sites for hydroxylation is 2. The Labute approximate surface area is 163 Å². The third kappa shape index (κ3) is 3.62. The van der Waals surface area contributed by atoms with E-state index in [9.17, 15) is 0 Å². The fraction of sp³-hybridized carbons (Fsp3) is 0.130. The normalized spacial score (nSPS) is 10.8. The van der Waals surface area contributed by atoms with Crippen molar-refractivity contribution >= 4 is 11.3 Å². The first kappa shape index (κ1) is 17.4. The Morgan fingerprint density at radius 3 is 2.26 bits per heavy atom. The van der Waals surface area contributed by atoms with E-state index < -0.39 is 0 Å². The Morgan fingerprint density at radius 2 is 1.56 bits per heavy atom. The molecule has 0 N–H and O–H groups in total. The summed E-state index contributed by atoms with van der Waals surface area (Å²) in [5.74, 6) is 0.834. The van der Waals surface area contributed by atoms with E-state index in [1.54, 1.807) is 18.4 Å². The molecule has 3 nitrogen and oxygen atoms in total. The van der Waals surface area contributed by atoms with Crippen molar-refractivity contribution in [3.63, 3.8) is 0 Å². The molecule has 0 amide bonds. The smallest absolute Gasteiger partial charge is 0.124 e. The number of benzene rings is 2. The van der Waals surface area contributed by atoms with E-state index in [0.717, 1.165) is 38.0 Å². The van der Waals surface area contributed by atoms with Gasteiger partial charge in [0.2, 0.25) is 0 Å². The van der Waals surface area contributed by atoms with Crippen molar-refractivity contribution in [1.29, 1.82) is 0 Å². The molecule has 134 valence electrons. The van der Waals surface area contributed by atoms with Crippen LogP contribution in [-0.2, 0) is 0 Å². The largest absolute Gasteiger partial charge is 0.497 e. The molecule has 2 aromatic carbocycles. The number of hydrogen-bond acceptors (Lipinski definition) is 4. The lowest BCUT2D eigenvalue weighted by Gasteiger charge is -2.05. The molecule has 0 aliphatic carbocycles. The molecule has 0 saturated carbocycles. The van der Waals surface area contributed by atoms with Gasteiger partial charge in [-0.05, 0) is 55.8 Å². The van der Waals surface area contributed by atoms with E-state index in [1.165, 1.54) is 11.1 Å². The summed E-state index contributed by atoms with van der Waals surface area (Å²) >= 11 is 1.70. The highest BCUT2D eigenvalue weighted by atomic mass is 32.1. The van der Waals surface area contributed by atoms with Gasteiger partial charge in [-0.1, -0.05) is 29.3 Å². The summed E-state index contributed by atoms with van der Waals surface area (Å²) in [5, 5.41) is 0.981. The zero-order valence-electron chi connectivity index (χ0n) is 15.6. The first-order chi connectivity index (χ1) is 13.1. The number of aromatic nitrogens is 2.